The highest BCUT2D eigenvalue weighted by Crippen LogP contribution is 2.55. The van der Waals surface area contributed by atoms with Gasteiger partial charge >= 0.3 is 0 Å². The summed E-state index contributed by atoms with van der Waals surface area (Å²) in [6, 6.07) is 60.3. The molecule has 2 heterocycles. The second kappa shape index (κ2) is 13.9. The van der Waals surface area contributed by atoms with Gasteiger partial charge in [0.15, 0.2) is 5.82 Å². The van der Waals surface area contributed by atoms with Gasteiger partial charge in [0.2, 0.25) is 0 Å². The molecule has 1 N–H and O–H groups in total. The minimum Gasteiger partial charge on any atom is -0.359 e. The van der Waals surface area contributed by atoms with E-state index < -0.39 is 0 Å². The van der Waals surface area contributed by atoms with Crippen LogP contribution >= 0.6 is 0 Å². The maximum absolute atomic E-state index is 5.06. The minimum atomic E-state index is -0.0606. The van der Waals surface area contributed by atoms with Gasteiger partial charge in [-0.05, 0) is 64.6 Å². The monoisotopic (exact) mass is 708 g/mol. The second-order valence-corrected chi connectivity index (χ2v) is 14.5. The van der Waals surface area contributed by atoms with E-state index in [1.54, 1.807) is 0 Å². The Morgan fingerprint density at radius 3 is 1.89 bits per heavy atom. The van der Waals surface area contributed by atoms with Crippen LogP contribution in [0.1, 0.15) is 48.5 Å². The lowest BCUT2D eigenvalue weighted by Crippen LogP contribution is -2.24. The molecule has 4 nitrogen and oxygen atoms in total. The molecule has 0 radical (unpaired) electrons. The average molecular weight is 709 g/mol. The fourth-order valence-corrected chi connectivity index (χ4v) is 8.53. The van der Waals surface area contributed by atoms with E-state index in [9.17, 15) is 0 Å². The molecule has 4 heteroatoms. The number of anilines is 3. The lowest BCUT2D eigenvalue weighted by Gasteiger charge is -2.31. The third-order valence-corrected chi connectivity index (χ3v) is 11.2. The van der Waals surface area contributed by atoms with Crippen LogP contribution < -0.4 is 10.2 Å². The molecule has 0 fully saturated rings. The molecule has 0 bridgehead atoms. The van der Waals surface area contributed by atoms with Crippen LogP contribution in [0.25, 0.3) is 61.9 Å². The Morgan fingerprint density at radius 2 is 1.18 bits per heavy atom. The molecule has 1 aromatic heterocycles. The maximum Gasteiger partial charge on any atom is 0.160 e. The van der Waals surface area contributed by atoms with Crippen LogP contribution in [-0.2, 0) is 0 Å². The normalized spacial score (nSPS) is 15.8. The summed E-state index contributed by atoms with van der Waals surface area (Å²) in [7, 11) is 0. The SMILES string of the molecule is CCC1CC=Cc2c3c(c4ccccc4c21)NC(c1ccccc1)N3c1cccc(-c2ccc(-c3cc(-c4ccccc4)nc(-c4ccccc4)n3)cc2)c1. The molecule has 0 saturated heterocycles. The molecule has 2 atom stereocenters. The molecule has 2 unspecified atom stereocenters. The number of allylic oxidation sites excluding steroid dienone is 1. The molecule has 264 valence electrons. The summed E-state index contributed by atoms with van der Waals surface area (Å²) in [4.78, 5) is 12.6. The smallest absolute Gasteiger partial charge is 0.160 e. The first-order valence-corrected chi connectivity index (χ1v) is 19.3. The second-order valence-electron chi connectivity index (χ2n) is 14.5. The summed E-state index contributed by atoms with van der Waals surface area (Å²) in [5.74, 6) is 1.20. The summed E-state index contributed by atoms with van der Waals surface area (Å²) in [5.41, 5.74) is 14.9. The summed E-state index contributed by atoms with van der Waals surface area (Å²) >= 11 is 0. The number of rotatable bonds is 7. The van der Waals surface area contributed by atoms with E-state index in [2.05, 4.69) is 175 Å². The van der Waals surface area contributed by atoms with Crippen LogP contribution in [0.4, 0.5) is 17.1 Å². The van der Waals surface area contributed by atoms with Crippen molar-refractivity contribution in [3.8, 4) is 45.0 Å². The van der Waals surface area contributed by atoms with Gasteiger partial charge in [-0.3, -0.25) is 0 Å². The lowest BCUT2D eigenvalue weighted by atomic mass is 9.80. The fraction of sp³-hybridized carbons (Fsp3) is 0.0980. The van der Waals surface area contributed by atoms with E-state index in [1.165, 1.54) is 44.4 Å². The molecule has 1 aliphatic heterocycles. The van der Waals surface area contributed by atoms with Gasteiger partial charge in [0.1, 0.15) is 6.17 Å². The number of hydrogen-bond acceptors (Lipinski definition) is 4. The first-order valence-electron chi connectivity index (χ1n) is 19.3. The standard InChI is InChI=1S/C51H40N4/c1-2-34-22-15-27-44-47(34)42-25-12-13-26-43(42)48-49(44)55(51(54-48)39-20-10-5-11-21-39)41-24-14-23-40(32-41)35-28-30-37(31-29-35)46-33-45(36-16-6-3-7-17-36)52-50(53-46)38-18-8-4-9-19-38/h3-21,23-34,51,54H,2,22H2,1H3. The largest absolute Gasteiger partial charge is 0.359 e. The summed E-state index contributed by atoms with van der Waals surface area (Å²) in [6.07, 6.45) is 6.87. The van der Waals surface area contributed by atoms with Gasteiger partial charge in [-0.2, -0.15) is 0 Å². The van der Waals surface area contributed by atoms with Crippen molar-refractivity contribution < 1.29 is 0 Å². The molecule has 1 aliphatic carbocycles. The average Bonchev–Trinajstić information content (AvgIpc) is 3.69. The zero-order valence-electron chi connectivity index (χ0n) is 30.7. The van der Waals surface area contributed by atoms with Crippen LogP contribution in [0, 0.1) is 0 Å². The predicted molar refractivity (Wildman–Crippen MR) is 229 cm³/mol. The van der Waals surface area contributed by atoms with E-state index >= 15 is 0 Å². The van der Waals surface area contributed by atoms with Gasteiger partial charge in [-0.25, -0.2) is 9.97 Å². The van der Waals surface area contributed by atoms with Crippen LogP contribution in [0.15, 0.2) is 176 Å². The Morgan fingerprint density at radius 1 is 0.582 bits per heavy atom. The number of nitrogens with one attached hydrogen (secondary N) is 1. The van der Waals surface area contributed by atoms with Gasteiger partial charge in [0.25, 0.3) is 0 Å². The lowest BCUT2D eigenvalue weighted by molar-refractivity contribution is 0.673. The van der Waals surface area contributed by atoms with Crippen molar-refractivity contribution in [1.82, 2.24) is 9.97 Å². The van der Waals surface area contributed by atoms with Crippen molar-refractivity contribution in [2.45, 2.75) is 31.8 Å². The van der Waals surface area contributed by atoms with Crippen LogP contribution in [0.2, 0.25) is 0 Å². The molecular formula is C51H40N4. The van der Waals surface area contributed by atoms with Crippen molar-refractivity contribution in [2.75, 3.05) is 10.2 Å². The Balaban J connectivity index is 1.07. The molecule has 0 spiro atoms. The molecule has 10 rings (SSSR count). The highest BCUT2D eigenvalue weighted by atomic mass is 15.3. The molecule has 2 aliphatic rings. The minimum absolute atomic E-state index is 0.0606. The van der Waals surface area contributed by atoms with Crippen molar-refractivity contribution in [3.05, 3.63) is 193 Å². The van der Waals surface area contributed by atoms with E-state index in [0.29, 0.717) is 5.92 Å². The number of hydrogen-bond donors (Lipinski definition) is 1. The van der Waals surface area contributed by atoms with Crippen molar-refractivity contribution in [2.24, 2.45) is 0 Å². The zero-order chi connectivity index (χ0) is 36.7. The predicted octanol–water partition coefficient (Wildman–Crippen LogP) is 13.5. The quantitative estimate of drug-likeness (QED) is 0.179. The van der Waals surface area contributed by atoms with Crippen LogP contribution in [0.5, 0.6) is 0 Å². The summed E-state index contributed by atoms with van der Waals surface area (Å²) < 4.78 is 0. The number of nitrogens with zero attached hydrogens (tertiary/aromatic N) is 3. The Labute approximate surface area is 322 Å². The molecule has 0 amide bonds. The first kappa shape index (κ1) is 32.8. The Kier molecular flexibility index (Phi) is 8.29. The highest BCUT2D eigenvalue weighted by Gasteiger charge is 2.37. The van der Waals surface area contributed by atoms with Gasteiger partial charge in [-0.1, -0.05) is 171 Å². The Hall–Kier alpha value is -6.78. The Bertz CT molecular complexity index is 2630. The van der Waals surface area contributed by atoms with Crippen molar-refractivity contribution in [3.63, 3.8) is 0 Å². The third kappa shape index (κ3) is 5.87. The number of benzene rings is 7. The molecule has 55 heavy (non-hydrogen) atoms. The summed E-state index contributed by atoms with van der Waals surface area (Å²) in [6.45, 7) is 2.32. The number of aromatic nitrogens is 2. The fourth-order valence-electron chi connectivity index (χ4n) is 8.53. The van der Waals surface area contributed by atoms with Crippen molar-refractivity contribution >= 4 is 33.9 Å². The van der Waals surface area contributed by atoms with E-state index in [1.807, 2.05) is 24.3 Å². The van der Waals surface area contributed by atoms with E-state index in [-0.39, 0.29) is 6.17 Å². The van der Waals surface area contributed by atoms with Crippen LogP contribution in [0.3, 0.4) is 0 Å². The first-order chi connectivity index (χ1) is 27.2. The zero-order valence-corrected chi connectivity index (χ0v) is 30.7. The maximum atomic E-state index is 5.06. The van der Waals surface area contributed by atoms with Crippen molar-refractivity contribution in [1.29, 1.82) is 0 Å². The third-order valence-electron chi connectivity index (χ3n) is 11.2. The van der Waals surface area contributed by atoms with E-state index in [4.69, 9.17) is 9.97 Å². The van der Waals surface area contributed by atoms with Gasteiger partial charge in [-0.15, -0.1) is 0 Å². The van der Waals surface area contributed by atoms with Gasteiger partial charge in [0, 0.05) is 33.3 Å². The molecule has 0 saturated carbocycles. The highest BCUT2D eigenvalue weighted by molar-refractivity contribution is 6.10. The van der Waals surface area contributed by atoms with Gasteiger partial charge < -0.3 is 10.2 Å². The van der Waals surface area contributed by atoms with E-state index in [0.717, 1.165) is 58.0 Å². The topological polar surface area (TPSA) is 41.0 Å². The molecule has 8 aromatic rings. The van der Waals surface area contributed by atoms with Gasteiger partial charge in [0.05, 0.1) is 22.8 Å². The molecular weight excluding hydrogens is 669 g/mol. The number of fused-ring (bicyclic) bond motifs is 6. The molecule has 7 aromatic carbocycles. The summed E-state index contributed by atoms with van der Waals surface area (Å²) in [5, 5.41) is 6.67. The van der Waals surface area contributed by atoms with Crippen LogP contribution in [-0.4, -0.2) is 9.97 Å².